The minimum atomic E-state index is -4.65. The van der Waals surface area contributed by atoms with E-state index in [1.807, 2.05) is 9.47 Å². The largest absolute Gasteiger partial charge is 0.416 e. The van der Waals surface area contributed by atoms with E-state index in [2.05, 4.69) is 15.2 Å². The molecule has 0 radical (unpaired) electrons. The van der Waals surface area contributed by atoms with Gasteiger partial charge in [0, 0.05) is 44.4 Å². The Labute approximate surface area is 173 Å². The highest BCUT2D eigenvalue weighted by molar-refractivity contribution is 6.32. The highest BCUT2D eigenvalue weighted by Gasteiger charge is 2.34. The van der Waals surface area contributed by atoms with Crippen LogP contribution >= 0.6 is 11.6 Å². The summed E-state index contributed by atoms with van der Waals surface area (Å²) >= 11 is 6.09. The standard InChI is InChI=1S/C19H16ClF4N5O/c20-17-15(10-26-27-18(17)30)28-4-3-16-25-9-13(29(16)6-5-28)7-11-1-2-12(21)8-14(11)19(22,23)24/h1-2,8-10H,3-7H2,(H,27,30). The van der Waals surface area contributed by atoms with E-state index >= 15 is 0 Å². The first-order valence-corrected chi connectivity index (χ1v) is 9.49. The number of fused-ring (bicyclic) bond motifs is 1. The third kappa shape index (κ3) is 3.91. The van der Waals surface area contributed by atoms with Crippen molar-refractivity contribution in [3.8, 4) is 0 Å². The van der Waals surface area contributed by atoms with Crippen LogP contribution in [0.2, 0.25) is 5.02 Å². The molecule has 11 heteroatoms. The van der Waals surface area contributed by atoms with Gasteiger partial charge < -0.3 is 9.47 Å². The molecule has 2 aromatic heterocycles. The summed E-state index contributed by atoms with van der Waals surface area (Å²) in [6.07, 6.45) is -1.16. The summed E-state index contributed by atoms with van der Waals surface area (Å²) in [5.41, 5.74) is -0.415. The first kappa shape index (κ1) is 20.4. The van der Waals surface area contributed by atoms with E-state index in [1.54, 1.807) is 6.20 Å². The highest BCUT2D eigenvalue weighted by Crippen LogP contribution is 2.34. The fourth-order valence-electron chi connectivity index (χ4n) is 3.63. The van der Waals surface area contributed by atoms with E-state index < -0.39 is 23.1 Å². The van der Waals surface area contributed by atoms with E-state index in [0.29, 0.717) is 43.5 Å². The Bertz CT molecular complexity index is 1140. The van der Waals surface area contributed by atoms with Crippen LogP contribution in [0.3, 0.4) is 0 Å². The minimum Gasteiger partial charge on any atom is -0.367 e. The fraction of sp³-hybridized carbons (Fsp3) is 0.316. The number of rotatable bonds is 3. The van der Waals surface area contributed by atoms with Gasteiger partial charge in [-0.3, -0.25) is 4.79 Å². The van der Waals surface area contributed by atoms with Crippen molar-refractivity contribution >= 4 is 17.3 Å². The summed E-state index contributed by atoms with van der Waals surface area (Å²) in [5.74, 6) is -0.214. The van der Waals surface area contributed by atoms with Gasteiger partial charge in [-0.15, -0.1) is 0 Å². The number of hydrogen-bond acceptors (Lipinski definition) is 4. The Morgan fingerprint density at radius 3 is 2.73 bits per heavy atom. The molecule has 0 spiro atoms. The lowest BCUT2D eigenvalue weighted by molar-refractivity contribution is -0.138. The van der Waals surface area contributed by atoms with Gasteiger partial charge in [0.15, 0.2) is 0 Å². The molecule has 158 valence electrons. The molecule has 0 aliphatic carbocycles. The van der Waals surface area contributed by atoms with Crippen LogP contribution in [0.5, 0.6) is 0 Å². The monoisotopic (exact) mass is 441 g/mol. The average molecular weight is 442 g/mol. The lowest BCUT2D eigenvalue weighted by Crippen LogP contribution is -2.29. The van der Waals surface area contributed by atoms with Crippen molar-refractivity contribution in [2.75, 3.05) is 18.0 Å². The topological polar surface area (TPSA) is 66.8 Å². The average Bonchev–Trinajstić information content (AvgIpc) is 2.94. The molecule has 0 saturated heterocycles. The van der Waals surface area contributed by atoms with Crippen LogP contribution in [0.15, 0.2) is 35.4 Å². The number of hydrogen-bond donors (Lipinski definition) is 1. The maximum atomic E-state index is 13.4. The van der Waals surface area contributed by atoms with Crippen LogP contribution < -0.4 is 10.5 Å². The van der Waals surface area contributed by atoms with Gasteiger partial charge in [0.1, 0.15) is 16.7 Å². The Morgan fingerprint density at radius 1 is 1.17 bits per heavy atom. The van der Waals surface area contributed by atoms with E-state index in [9.17, 15) is 22.4 Å². The van der Waals surface area contributed by atoms with Crippen LogP contribution in [-0.2, 0) is 25.6 Å². The van der Waals surface area contributed by atoms with Crippen LogP contribution in [0.1, 0.15) is 22.6 Å². The summed E-state index contributed by atoms with van der Waals surface area (Å²) < 4.78 is 55.2. The zero-order chi connectivity index (χ0) is 21.5. The minimum absolute atomic E-state index is 0.0189. The molecule has 0 saturated carbocycles. The second-order valence-corrected chi connectivity index (χ2v) is 7.31. The van der Waals surface area contributed by atoms with E-state index in [4.69, 9.17) is 11.6 Å². The summed E-state index contributed by atoms with van der Waals surface area (Å²) in [6, 6.07) is 2.69. The van der Waals surface area contributed by atoms with E-state index in [0.717, 1.165) is 18.0 Å². The maximum absolute atomic E-state index is 13.4. The van der Waals surface area contributed by atoms with Crippen LogP contribution in [0.4, 0.5) is 23.2 Å². The molecule has 0 atom stereocenters. The molecular weight excluding hydrogens is 426 g/mol. The molecule has 3 heterocycles. The van der Waals surface area contributed by atoms with Crippen LogP contribution in [-0.4, -0.2) is 32.8 Å². The molecular formula is C19H16ClF4N5O. The van der Waals surface area contributed by atoms with Gasteiger partial charge in [0.25, 0.3) is 5.56 Å². The molecule has 0 bridgehead atoms. The third-order valence-corrected chi connectivity index (χ3v) is 5.45. The molecule has 3 aromatic rings. The van der Waals surface area contributed by atoms with Crippen molar-refractivity contribution in [1.82, 2.24) is 19.7 Å². The van der Waals surface area contributed by atoms with Gasteiger partial charge in [0.2, 0.25) is 0 Å². The predicted molar refractivity (Wildman–Crippen MR) is 102 cm³/mol. The smallest absolute Gasteiger partial charge is 0.367 e. The lowest BCUT2D eigenvalue weighted by Gasteiger charge is -2.22. The van der Waals surface area contributed by atoms with Gasteiger partial charge in [-0.05, 0) is 17.7 Å². The van der Waals surface area contributed by atoms with Gasteiger partial charge in [-0.25, -0.2) is 14.5 Å². The van der Waals surface area contributed by atoms with Gasteiger partial charge in [-0.1, -0.05) is 17.7 Å². The first-order chi connectivity index (χ1) is 14.2. The SMILES string of the molecule is O=c1[nH]ncc(N2CCc3ncc(Cc4ccc(F)cc4C(F)(F)F)n3CC2)c1Cl. The number of halogens is 5. The molecule has 1 N–H and O–H groups in total. The van der Waals surface area contributed by atoms with Crippen molar-refractivity contribution in [2.24, 2.45) is 0 Å². The highest BCUT2D eigenvalue weighted by atomic mass is 35.5. The van der Waals surface area contributed by atoms with Crippen molar-refractivity contribution < 1.29 is 17.6 Å². The summed E-state index contributed by atoms with van der Waals surface area (Å²) in [7, 11) is 0. The van der Waals surface area contributed by atoms with Gasteiger partial charge >= 0.3 is 6.18 Å². The van der Waals surface area contributed by atoms with E-state index in [-0.39, 0.29) is 17.0 Å². The van der Waals surface area contributed by atoms with E-state index in [1.165, 1.54) is 6.20 Å². The van der Waals surface area contributed by atoms with Crippen molar-refractivity contribution in [3.63, 3.8) is 0 Å². The maximum Gasteiger partial charge on any atom is 0.416 e. The zero-order valence-electron chi connectivity index (χ0n) is 15.5. The molecule has 1 aliphatic heterocycles. The third-order valence-electron chi connectivity index (χ3n) is 5.09. The Balaban J connectivity index is 1.60. The Morgan fingerprint density at radius 2 is 1.97 bits per heavy atom. The molecule has 1 aliphatic rings. The summed E-state index contributed by atoms with van der Waals surface area (Å²) in [5, 5.41) is 6.08. The number of anilines is 1. The quantitative estimate of drug-likeness (QED) is 0.632. The molecule has 30 heavy (non-hydrogen) atoms. The summed E-state index contributed by atoms with van der Waals surface area (Å²) in [4.78, 5) is 18.0. The van der Waals surface area contributed by atoms with Crippen LogP contribution in [0.25, 0.3) is 0 Å². The molecule has 6 nitrogen and oxygen atoms in total. The van der Waals surface area contributed by atoms with Gasteiger partial charge in [0.05, 0.1) is 17.4 Å². The normalized spacial score (nSPS) is 14.5. The van der Waals surface area contributed by atoms with Crippen LogP contribution in [0, 0.1) is 5.82 Å². The lowest BCUT2D eigenvalue weighted by atomic mass is 10.0. The fourth-order valence-corrected chi connectivity index (χ4v) is 3.84. The number of H-pyrrole nitrogens is 1. The molecule has 0 amide bonds. The number of aromatic amines is 1. The molecule has 1 aromatic carbocycles. The Hall–Kier alpha value is -2.88. The molecule has 4 rings (SSSR count). The predicted octanol–water partition coefficient (Wildman–Crippen LogP) is 3.43. The van der Waals surface area contributed by atoms with Crippen molar-refractivity contribution in [2.45, 2.75) is 25.6 Å². The van der Waals surface area contributed by atoms with Gasteiger partial charge in [-0.2, -0.15) is 18.3 Å². The number of alkyl halides is 3. The summed E-state index contributed by atoms with van der Waals surface area (Å²) in [6.45, 7) is 1.43. The second-order valence-electron chi connectivity index (χ2n) is 6.93. The Kier molecular flexibility index (Phi) is 5.27. The number of aromatic nitrogens is 4. The number of nitrogens with zero attached hydrogens (tertiary/aromatic N) is 4. The van der Waals surface area contributed by atoms with Crippen molar-refractivity contribution in [3.05, 3.63) is 74.4 Å². The molecule has 0 fully saturated rings. The number of benzene rings is 1. The molecule has 0 unspecified atom stereocenters. The second kappa shape index (κ2) is 7.75. The van der Waals surface area contributed by atoms with Crippen molar-refractivity contribution in [1.29, 1.82) is 0 Å². The number of imidazole rings is 1. The first-order valence-electron chi connectivity index (χ1n) is 9.11. The number of nitrogens with one attached hydrogen (secondary N) is 1. The zero-order valence-corrected chi connectivity index (χ0v) is 16.3.